The Hall–Kier alpha value is -1.56. The lowest BCUT2D eigenvalue weighted by molar-refractivity contribution is -0.148. The van der Waals surface area contributed by atoms with Gasteiger partial charge in [0.05, 0.1) is 0 Å². The van der Waals surface area contributed by atoms with Crippen molar-refractivity contribution in [3.8, 4) is 0 Å². The monoisotopic (exact) mass is 310 g/mol. The summed E-state index contributed by atoms with van der Waals surface area (Å²) in [5, 5.41) is 19.1. The van der Waals surface area contributed by atoms with Crippen molar-refractivity contribution < 1.29 is 14.7 Å². The molecule has 3 N–H and O–H groups in total. The van der Waals surface area contributed by atoms with Crippen LogP contribution in [-0.2, 0) is 11.2 Å². The Morgan fingerprint density at radius 1 is 1.48 bits per heavy atom. The lowest BCUT2D eigenvalue weighted by Gasteiger charge is -2.39. The van der Waals surface area contributed by atoms with Gasteiger partial charge >= 0.3 is 12.0 Å². The second-order valence-corrected chi connectivity index (χ2v) is 6.47. The van der Waals surface area contributed by atoms with Gasteiger partial charge in [0.2, 0.25) is 0 Å². The van der Waals surface area contributed by atoms with E-state index in [4.69, 9.17) is 0 Å². The molecule has 0 radical (unpaired) electrons. The Kier molecular flexibility index (Phi) is 5.22. The van der Waals surface area contributed by atoms with Gasteiger partial charge in [-0.2, -0.15) is 11.3 Å². The molecule has 1 aromatic heterocycles. The van der Waals surface area contributed by atoms with Crippen molar-refractivity contribution in [3.63, 3.8) is 0 Å². The minimum Gasteiger partial charge on any atom is -0.479 e. The number of carboxylic acid groups (broad SMARTS) is 1. The molecular weight excluding hydrogens is 288 g/mol. The summed E-state index contributed by atoms with van der Waals surface area (Å²) >= 11 is 1.62. The number of thiophene rings is 1. The molecule has 2 rings (SSSR count). The van der Waals surface area contributed by atoms with Crippen LogP contribution in [0, 0.1) is 5.92 Å². The quantitative estimate of drug-likeness (QED) is 0.782. The van der Waals surface area contributed by atoms with Crippen molar-refractivity contribution in [2.75, 3.05) is 6.54 Å². The van der Waals surface area contributed by atoms with Crippen molar-refractivity contribution in [1.82, 2.24) is 10.6 Å². The largest absolute Gasteiger partial charge is 0.479 e. The Bertz CT molecular complexity index is 489. The van der Waals surface area contributed by atoms with E-state index in [1.165, 1.54) is 5.56 Å². The molecule has 0 aliphatic heterocycles. The predicted octanol–water partition coefficient (Wildman–Crippen LogP) is 2.62. The molecule has 0 saturated heterocycles. The van der Waals surface area contributed by atoms with Crippen molar-refractivity contribution >= 4 is 23.3 Å². The first-order valence-electron chi connectivity index (χ1n) is 7.35. The van der Waals surface area contributed by atoms with Gasteiger partial charge in [-0.3, -0.25) is 0 Å². The third-order valence-electron chi connectivity index (χ3n) is 4.30. The van der Waals surface area contributed by atoms with Crippen LogP contribution >= 0.6 is 11.3 Å². The predicted molar refractivity (Wildman–Crippen MR) is 82.6 cm³/mol. The number of hydrogen-bond donors (Lipinski definition) is 3. The Morgan fingerprint density at radius 2 is 2.29 bits per heavy atom. The summed E-state index contributed by atoms with van der Waals surface area (Å²) in [7, 11) is 0. The molecule has 6 heteroatoms. The third kappa shape index (κ3) is 3.75. The first-order chi connectivity index (χ1) is 10.0. The fraction of sp³-hybridized carbons (Fsp3) is 0.600. The van der Waals surface area contributed by atoms with E-state index in [1.54, 1.807) is 11.3 Å². The minimum atomic E-state index is -1.12. The highest BCUT2D eigenvalue weighted by atomic mass is 32.1. The number of aliphatic carboxylic acids is 1. The second-order valence-electron chi connectivity index (χ2n) is 5.69. The van der Waals surface area contributed by atoms with Crippen molar-refractivity contribution in [2.24, 2.45) is 5.92 Å². The van der Waals surface area contributed by atoms with Crippen LogP contribution in [0.3, 0.4) is 0 Å². The van der Waals surface area contributed by atoms with Crippen LogP contribution in [0.4, 0.5) is 4.79 Å². The molecular formula is C15H22N2O3S. The van der Waals surface area contributed by atoms with E-state index in [0.717, 1.165) is 25.7 Å². The molecule has 5 nitrogen and oxygen atoms in total. The number of hydrogen-bond acceptors (Lipinski definition) is 3. The molecule has 1 saturated carbocycles. The molecule has 1 heterocycles. The summed E-state index contributed by atoms with van der Waals surface area (Å²) in [6.07, 6.45) is 3.96. The van der Waals surface area contributed by atoms with Crippen molar-refractivity contribution in [2.45, 2.75) is 44.6 Å². The van der Waals surface area contributed by atoms with Crippen LogP contribution in [0.5, 0.6) is 0 Å². The standard InChI is InChI=1S/C15H22N2O3S/c1-11-4-2-3-7-15(11,13(18)19)17-14(20)16-8-5-12-6-9-21-10-12/h6,9-11H,2-5,7-8H2,1H3,(H,18,19)(H2,16,17,20). The maximum absolute atomic E-state index is 12.0. The Labute approximate surface area is 128 Å². The molecule has 0 aromatic carbocycles. The highest BCUT2D eigenvalue weighted by molar-refractivity contribution is 7.07. The smallest absolute Gasteiger partial charge is 0.329 e. The van der Waals surface area contributed by atoms with E-state index < -0.39 is 11.5 Å². The second kappa shape index (κ2) is 6.93. The summed E-state index contributed by atoms with van der Waals surface area (Å²) in [4.78, 5) is 23.7. The zero-order valence-electron chi connectivity index (χ0n) is 12.2. The minimum absolute atomic E-state index is 0.0497. The maximum atomic E-state index is 12.0. The summed E-state index contributed by atoms with van der Waals surface area (Å²) in [6, 6.07) is 1.63. The Balaban J connectivity index is 1.88. The van der Waals surface area contributed by atoms with Crippen LogP contribution in [-0.4, -0.2) is 29.2 Å². The molecule has 0 spiro atoms. The van der Waals surface area contributed by atoms with E-state index in [2.05, 4.69) is 10.6 Å². The molecule has 1 aliphatic rings. The fourth-order valence-electron chi connectivity index (χ4n) is 2.91. The van der Waals surface area contributed by atoms with Crippen LogP contribution in [0.15, 0.2) is 16.8 Å². The van der Waals surface area contributed by atoms with Gasteiger partial charge in [0.1, 0.15) is 5.54 Å². The zero-order chi connectivity index (χ0) is 15.3. The van der Waals surface area contributed by atoms with E-state index in [-0.39, 0.29) is 11.9 Å². The van der Waals surface area contributed by atoms with Gasteiger partial charge in [-0.25, -0.2) is 9.59 Å². The zero-order valence-corrected chi connectivity index (χ0v) is 13.0. The average Bonchev–Trinajstić information content (AvgIpc) is 2.94. The molecule has 2 atom stereocenters. The molecule has 0 bridgehead atoms. The van der Waals surface area contributed by atoms with Crippen LogP contribution in [0.1, 0.15) is 38.2 Å². The lowest BCUT2D eigenvalue weighted by atomic mass is 9.73. The molecule has 21 heavy (non-hydrogen) atoms. The molecule has 2 amide bonds. The number of amides is 2. The number of nitrogens with one attached hydrogen (secondary N) is 2. The fourth-order valence-corrected chi connectivity index (χ4v) is 3.61. The van der Waals surface area contributed by atoms with Gasteiger partial charge in [-0.15, -0.1) is 0 Å². The van der Waals surface area contributed by atoms with Gasteiger partial charge in [0.15, 0.2) is 0 Å². The molecule has 2 unspecified atom stereocenters. The molecule has 1 aliphatic carbocycles. The van der Waals surface area contributed by atoms with Crippen molar-refractivity contribution in [3.05, 3.63) is 22.4 Å². The van der Waals surface area contributed by atoms with Crippen LogP contribution in [0.2, 0.25) is 0 Å². The lowest BCUT2D eigenvalue weighted by Crippen LogP contribution is -2.62. The molecule has 1 fully saturated rings. The third-order valence-corrected chi connectivity index (χ3v) is 5.03. The summed E-state index contributed by atoms with van der Waals surface area (Å²) < 4.78 is 0. The molecule has 116 valence electrons. The SMILES string of the molecule is CC1CCCCC1(NC(=O)NCCc1ccsc1)C(=O)O. The molecule has 1 aromatic rings. The number of urea groups is 1. The van der Waals surface area contributed by atoms with Crippen LogP contribution in [0.25, 0.3) is 0 Å². The van der Waals surface area contributed by atoms with E-state index in [0.29, 0.717) is 13.0 Å². The average molecular weight is 310 g/mol. The van der Waals surface area contributed by atoms with Gasteiger partial charge in [-0.05, 0) is 47.6 Å². The van der Waals surface area contributed by atoms with E-state index in [1.807, 2.05) is 23.8 Å². The summed E-state index contributed by atoms with van der Waals surface area (Å²) in [5.74, 6) is -0.978. The van der Waals surface area contributed by atoms with Gasteiger partial charge in [0.25, 0.3) is 0 Å². The highest BCUT2D eigenvalue weighted by Crippen LogP contribution is 2.33. The van der Waals surface area contributed by atoms with Gasteiger partial charge < -0.3 is 15.7 Å². The number of carbonyl (C=O) groups excluding carboxylic acids is 1. The first-order valence-corrected chi connectivity index (χ1v) is 8.29. The van der Waals surface area contributed by atoms with E-state index in [9.17, 15) is 14.7 Å². The van der Waals surface area contributed by atoms with Crippen molar-refractivity contribution in [1.29, 1.82) is 0 Å². The number of rotatable bonds is 5. The number of carboxylic acids is 1. The summed E-state index contributed by atoms with van der Waals surface area (Å²) in [6.45, 7) is 2.41. The van der Waals surface area contributed by atoms with Gasteiger partial charge in [-0.1, -0.05) is 19.8 Å². The number of carbonyl (C=O) groups is 2. The normalized spacial score (nSPS) is 25.3. The van der Waals surface area contributed by atoms with Crippen LogP contribution < -0.4 is 10.6 Å². The highest BCUT2D eigenvalue weighted by Gasteiger charge is 2.46. The van der Waals surface area contributed by atoms with Gasteiger partial charge in [0, 0.05) is 6.54 Å². The summed E-state index contributed by atoms with van der Waals surface area (Å²) in [5.41, 5.74) is 0.0596. The Morgan fingerprint density at radius 3 is 2.90 bits per heavy atom. The van der Waals surface area contributed by atoms with E-state index >= 15 is 0 Å². The first kappa shape index (κ1) is 15.8. The maximum Gasteiger partial charge on any atom is 0.329 e. The topological polar surface area (TPSA) is 78.4 Å².